The highest BCUT2D eigenvalue weighted by atomic mass is 16.1. The van der Waals surface area contributed by atoms with Gasteiger partial charge in [0.25, 0.3) is 11.1 Å². The second-order valence-corrected chi connectivity index (χ2v) is 3.97. The average molecular weight is 208 g/mol. The Morgan fingerprint density at radius 3 is 1.87 bits per heavy atom. The van der Waals surface area contributed by atoms with Gasteiger partial charge in [-0.15, -0.1) is 0 Å². The topological polar surface area (TPSA) is 44.0 Å². The minimum Gasteiger partial charge on any atom is -0.298 e. The fourth-order valence-electron chi connectivity index (χ4n) is 1.39. The van der Waals surface area contributed by atoms with Gasteiger partial charge in [0, 0.05) is 14.1 Å². The first kappa shape index (κ1) is 11.5. The van der Waals surface area contributed by atoms with E-state index in [4.69, 9.17) is 0 Å². The molecule has 0 saturated carbocycles. The Morgan fingerprint density at radius 1 is 1.13 bits per heavy atom. The smallest absolute Gasteiger partial charge is 0.264 e. The van der Waals surface area contributed by atoms with Crippen LogP contribution in [0.2, 0.25) is 0 Å². The number of nitrogens with zero attached hydrogens (tertiary/aromatic N) is 2. The summed E-state index contributed by atoms with van der Waals surface area (Å²) in [6.45, 7) is 7.53. The molecule has 1 aromatic heterocycles. The van der Waals surface area contributed by atoms with Gasteiger partial charge in [0.15, 0.2) is 0 Å². The van der Waals surface area contributed by atoms with Gasteiger partial charge in [0.1, 0.15) is 10.7 Å². The average Bonchev–Trinajstić information content (AvgIpc) is 2.18. The second kappa shape index (κ2) is 3.88. The Balaban J connectivity index is 3.94. The first-order valence-corrected chi connectivity index (χ1v) is 4.83. The Kier molecular flexibility index (Phi) is 2.98. The first-order chi connectivity index (χ1) is 6.86. The highest BCUT2D eigenvalue weighted by Gasteiger charge is 2.03. The Morgan fingerprint density at radius 2 is 1.53 bits per heavy atom. The van der Waals surface area contributed by atoms with Crippen molar-refractivity contribution in [3.05, 3.63) is 31.4 Å². The molecule has 0 aliphatic carbocycles. The largest absolute Gasteiger partial charge is 0.298 e. The molecule has 0 spiro atoms. The molecule has 4 heteroatoms. The predicted octanol–water partition coefficient (Wildman–Crippen LogP) is -1.07. The van der Waals surface area contributed by atoms with Crippen LogP contribution in [0.4, 0.5) is 0 Å². The molecule has 0 atom stereocenters. The van der Waals surface area contributed by atoms with Crippen LogP contribution in [0.25, 0.3) is 12.7 Å². The molecule has 0 bridgehead atoms. The fourth-order valence-corrected chi connectivity index (χ4v) is 1.39. The molecule has 15 heavy (non-hydrogen) atoms. The molecule has 1 heterocycles. The summed E-state index contributed by atoms with van der Waals surface area (Å²) in [5.74, 6) is 0.168. The van der Waals surface area contributed by atoms with Gasteiger partial charge in [0.2, 0.25) is 0 Å². The third-order valence-electron chi connectivity index (χ3n) is 2.34. The highest BCUT2D eigenvalue weighted by Crippen LogP contribution is 1.89. The Labute approximate surface area is 87.8 Å². The van der Waals surface area contributed by atoms with E-state index in [0.717, 1.165) is 0 Å². The molecule has 0 amide bonds. The zero-order chi connectivity index (χ0) is 11.7. The lowest BCUT2D eigenvalue weighted by molar-refractivity contribution is 0.663. The van der Waals surface area contributed by atoms with E-state index in [2.05, 4.69) is 6.58 Å². The van der Waals surface area contributed by atoms with Crippen LogP contribution < -0.4 is 21.8 Å². The number of rotatable bonds is 1. The van der Waals surface area contributed by atoms with Gasteiger partial charge in [-0.2, -0.15) is 0 Å². The zero-order valence-electron chi connectivity index (χ0n) is 9.57. The van der Waals surface area contributed by atoms with Crippen LogP contribution in [0.5, 0.6) is 0 Å². The molecule has 0 saturated heterocycles. The number of aromatic nitrogens is 2. The maximum absolute atomic E-state index is 11.8. The monoisotopic (exact) mass is 208 g/mol. The minimum atomic E-state index is -0.281. The predicted molar refractivity (Wildman–Crippen MR) is 61.0 cm³/mol. The summed E-state index contributed by atoms with van der Waals surface area (Å²) in [7, 11) is 3.23. The summed E-state index contributed by atoms with van der Waals surface area (Å²) in [6.07, 6.45) is 1.68. The van der Waals surface area contributed by atoms with Crippen molar-refractivity contribution in [2.45, 2.75) is 13.8 Å². The Bertz CT molecular complexity index is 547. The van der Waals surface area contributed by atoms with Gasteiger partial charge >= 0.3 is 0 Å². The second-order valence-electron chi connectivity index (χ2n) is 3.97. The maximum atomic E-state index is 11.8. The van der Waals surface area contributed by atoms with E-state index in [1.807, 2.05) is 13.8 Å². The first-order valence-electron chi connectivity index (χ1n) is 4.83. The van der Waals surface area contributed by atoms with Crippen molar-refractivity contribution < 1.29 is 0 Å². The van der Waals surface area contributed by atoms with Gasteiger partial charge in [-0.05, 0) is 5.92 Å². The molecule has 0 unspecified atom stereocenters. The van der Waals surface area contributed by atoms with E-state index in [1.165, 1.54) is 9.13 Å². The summed E-state index contributed by atoms with van der Waals surface area (Å²) in [5, 5.41) is 0.224. The highest BCUT2D eigenvalue weighted by molar-refractivity contribution is 5.22. The van der Waals surface area contributed by atoms with Crippen LogP contribution in [0.1, 0.15) is 13.8 Å². The van der Waals surface area contributed by atoms with E-state index >= 15 is 0 Å². The lowest BCUT2D eigenvalue weighted by Crippen LogP contribution is -2.56. The lowest BCUT2D eigenvalue weighted by Gasteiger charge is -2.04. The molecular weight excluding hydrogens is 192 g/mol. The van der Waals surface area contributed by atoms with Crippen molar-refractivity contribution in [2.75, 3.05) is 0 Å². The molecule has 0 N–H and O–H groups in total. The van der Waals surface area contributed by atoms with E-state index in [-0.39, 0.29) is 22.3 Å². The summed E-state index contributed by atoms with van der Waals surface area (Å²) in [5.41, 5.74) is -0.153. The summed E-state index contributed by atoms with van der Waals surface area (Å²) in [6, 6.07) is 0. The quantitative estimate of drug-likeness (QED) is 0.590. The molecular formula is C11H16N2O2. The summed E-state index contributed by atoms with van der Waals surface area (Å²) < 4.78 is 2.77. The van der Waals surface area contributed by atoms with Crippen LogP contribution in [0.3, 0.4) is 0 Å². The summed E-state index contributed by atoms with van der Waals surface area (Å²) >= 11 is 0. The van der Waals surface area contributed by atoms with Gasteiger partial charge in [-0.1, -0.05) is 26.5 Å². The Hall–Kier alpha value is -1.58. The molecule has 1 rings (SSSR count). The van der Waals surface area contributed by atoms with Crippen molar-refractivity contribution in [1.29, 1.82) is 0 Å². The van der Waals surface area contributed by atoms with Crippen molar-refractivity contribution in [2.24, 2.45) is 20.0 Å². The molecule has 0 aromatic carbocycles. The van der Waals surface area contributed by atoms with Crippen LogP contribution in [0.15, 0.2) is 9.59 Å². The van der Waals surface area contributed by atoms with Crippen molar-refractivity contribution >= 4 is 12.7 Å². The molecule has 0 radical (unpaired) electrons. The third kappa shape index (κ3) is 1.93. The summed E-state index contributed by atoms with van der Waals surface area (Å²) in [4.78, 5) is 23.6. The molecule has 0 aliphatic rings. The van der Waals surface area contributed by atoms with E-state index in [1.54, 1.807) is 20.2 Å². The zero-order valence-corrected chi connectivity index (χ0v) is 9.57. The van der Waals surface area contributed by atoms with E-state index < -0.39 is 0 Å². The molecule has 82 valence electrons. The van der Waals surface area contributed by atoms with Gasteiger partial charge < -0.3 is 0 Å². The molecule has 0 fully saturated rings. The van der Waals surface area contributed by atoms with Crippen LogP contribution in [0, 0.1) is 5.92 Å². The standard InChI is InChI=1S/C11H16N2O2/c1-7(2)6-9-10(14)12(4)8(3)13(5)11(9)15/h6-7H,3H2,1-2,4-5H3. The number of hydrogen-bond donors (Lipinski definition) is 0. The van der Waals surface area contributed by atoms with Crippen molar-refractivity contribution in [3.8, 4) is 0 Å². The van der Waals surface area contributed by atoms with Crippen LogP contribution >= 0.6 is 0 Å². The van der Waals surface area contributed by atoms with E-state index in [9.17, 15) is 9.59 Å². The molecule has 0 aliphatic heterocycles. The van der Waals surface area contributed by atoms with E-state index in [0.29, 0.717) is 5.48 Å². The maximum Gasteiger partial charge on any atom is 0.264 e. The van der Waals surface area contributed by atoms with Crippen molar-refractivity contribution in [3.63, 3.8) is 0 Å². The third-order valence-corrected chi connectivity index (χ3v) is 2.34. The normalized spacial score (nSPS) is 10.7. The van der Waals surface area contributed by atoms with Crippen LogP contribution in [-0.2, 0) is 14.1 Å². The van der Waals surface area contributed by atoms with Crippen molar-refractivity contribution in [1.82, 2.24) is 9.13 Å². The minimum absolute atomic E-state index is 0.168. The SMILES string of the molecule is C=c1n(C)c(=O)c(=CC(C)C)c(=O)n1C. The van der Waals surface area contributed by atoms with Gasteiger partial charge in [-0.3, -0.25) is 18.7 Å². The number of hydrogen-bond acceptors (Lipinski definition) is 2. The van der Waals surface area contributed by atoms with Crippen LogP contribution in [-0.4, -0.2) is 9.13 Å². The van der Waals surface area contributed by atoms with Gasteiger partial charge in [-0.25, -0.2) is 0 Å². The van der Waals surface area contributed by atoms with Gasteiger partial charge in [0.05, 0.1) is 0 Å². The lowest BCUT2D eigenvalue weighted by atomic mass is 10.2. The molecule has 4 nitrogen and oxygen atoms in total. The fraction of sp³-hybridized carbons (Fsp3) is 0.455. The molecule has 1 aromatic rings.